The van der Waals surface area contributed by atoms with Crippen molar-refractivity contribution < 1.29 is 17.9 Å². The number of hydrogen-bond donors (Lipinski definition) is 0. The fourth-order valence-corrected chi connectivity index (χ4v) is 4.41. The summed E-state index contributed by atoms with van der Waals surface area (Å²) in [6.07, 6.45) is -0.214. The van der Waals surface area contributed by atoms with Gasteiger partial charge in [-0.3, -0.25) is 4.79 Å². The molecule has 0 aromatic heterocycles. The Morgan fingerprint density at radius 2 is 2.17 bits per heavy atom. The lowest BCUT2D eigenvalue weighted by molar-refractivity contribution is -0.140. The lowest BCUT2D eigenvalue weighted by atomic mass is 10.1. The average molecular weight is 255 g/mol. The number of ether oxygens (including phenoxy) is 1. The van der Waals surface area contributed by atoms with Gasteiger partial charge >= 0.3 is 5.97 Å². The molecular weight excluding hydrogens is 248 g/mol. The van der Waals surface area contributed by atoms with Crippen molar-refractivity contribution in [2.45, 2.75) is 16.7 Å². The number of carbonyl (C=O) groups is 1. The van der Waals surface area contributed by atoms with E-state index in [4.69, 9.17) is 4.74 Å². The highest BCUT2D eigenvalue weighted by molar-refractivity contribution is 9.11. The fraction of sp³-hybridized carbons (Fsp3) is 0.833. The molecule has 0 aliphatic carbocycles. The van der Waals surface area contributed by atoms with Gasteiger partial charge in [0.25, 0.3) is 0 Å². The molecule has 0 aromatic carbocycles. The van der Waals surface area contributed by atoms with Crippen LogP contribution in [0.3, 0.4) is 0 Å². The standard InChI is InChI=1S/C6H7BrO4S/c7-6-5-3(1-4(8)11-5)2-12(6,9)10/h3,5-6H,1-2H2/t3-,5-,6+/m1/s1. The molecule has 0 unspecified atom stereocenters. The Hall–Kier alpha value is -0.100. The molecule has 3 atom stereocenters. The normalized spacial score (nSPS) is 44.1. The van der Waals surface area contributed by atoms with Gasteiger partial charge in [-0.05, 0) is 0 Å². The van der Waals surface area contributed by atoms with Crippen LogP contribution < -0.4 is 0 Å². The van der Waals surface area contributed by atoms with E-state index >= 15 is 0 Å². The summed E-state index contributed by atoms with van der Waals surface area (Å²) in [5.74, 6) is -0.351. The highest BCUT2D eigenvalue weighted by Crippen LogP contribution is 2.38. The number of halogens is 1. The maximum Gasteiger partial charge on any atom is 0.306 e. The summed E-state index contributed by atoms with van der Waals surface area (Å²) in [4.78, 5) is 10.8. The molecule has 0 spiro atoms. The lowest BCUT2D eigenvalue weighted by Crippen LogP contribution is -2.22. The van der Waals surface area contributed by atoms with Gasteiger partial charge in [-0.25, -0.2) is 8.42 Å². The zero-order valence-corrected chi connectivity index (χ0v) is 8.47. The fourth-order valence-electron chi connectivity index (χ4n) is 1.64. The minimum atomic E-state index is -3.07. The maximum absolute atomic E-state index is 11.2. The largest absolute Gasteiger partial charge is 0.460 e. The van der Waals surface area contributed by atoms with Crippen LogP contribution in [-0.2, 0) is 19.4 Å². The summed E-state index contributed by atoms with van der Waals surface area (Å²) in [5, 5.41) is 0. The van der Waals surface area contributed by atoms with E-state index in [1.54, 1.807) is 0 Å². The van der Waals surface area contributed by atoms with Crippen molar-refractivity contribution in [2.75, 3.05) is 5.75 Å². The molecule has 4 nitrogen and oxygen atoms in total. The number of sulfone groups is 1. The van der Waals surface area contributed by atoms with Crippen LogP contribution in [0.2, 0.25) is 0 Å². The van der Waals surface area contributed by atoms with Crippen LogP contribution in [0.15, 0.2) is 0 Å². The number of carbonyl (C=O) groups excluding carboxylic acids is 1. The van der Waals surface area contributed by atoms with Gasteiger partial charge < -0.3 is 4.74 Å². The van der Waals surface area contributed by atoms with Gasteiger partial charge in [0, 0.05) is 5.92 Å². The zero-order chi connectivity index (χ0) is 8.93. The first kappa shape index (κ1) is 8.50. The van der Waals surface area contributed by atoms with E-state index in [9.17, 15) is 13.2 Å². The molecule has 0 saturated carbocycles. The third-order valence-corrected chi connectivity index (χ3v) is 6.29. The number of fused-ring (bicyclic) bond motifs is 1. The van der Waals surface area contributed by atoms with Gasteiger partial charge in [0.1, 0.15) is 6.10 Å². The van der Waals surface area contributed by atoms with E-state index in [1.165, 1.54) is 0 Å². The highest BCUT2D eigenvalue weighted by Gasteiger charge is 2.52. The molecule has 2 heterocycles. The van der Waals surface area contributed by atoms with Crippen LogP contribution in [0.4, 0.5) is 0 Å². The van der Waals surface area contributed by atoms with Gasteiger partial charge in [-0.2, -0.15) is 0 Å². The second kappa shape index (κ2) is 2.45. The highest BCUT2D eigenvalue weighted by atomic mass is 79.9. The predicted octanol–water partition coefficient (Wildman–Crippen LogP) is 0.0675. The van der Waals surface area contributed by atoms with Gasteiger partial charge in [0.15, 0.2) is 14.0 Å². The zero-order valence-electron chi connectivity index (χ0n) is 6.07. The second-order valence-electron chi connectivity index (χ2n) is 3.10. The molecule has 2 rings (SSSR count). The Labute approximate surface area is 78.3 Å². The minimum absolute atomic E-state index is 0.0688. The third-order valence-electron chi connectivity index (χ3n) is 2.21. The monoisotopic (exact) mass is 254 g/mol. The first-order valence-corrected chi connectivity index (χ1v) is 6.19. The van der Waals surface area contributed by atoms with Crippen molar-refractivity contribution in [1.82, 2.24) is 0 Å². The molecular formula is C6H7BrO4S. The topological polar surface area (TPSA) is 60.4 Å². The summed E-state index contributed by atoms with van der Waals surface area (Å²) < 4.78 is 26.7. The van der Waals surface area contributed by atoms with Crippen molar-refractivity contribution in [1.29, 1.82) is 0 Å². The van der Waals surface area contributed by atoms with Gasteiger partial charge in [0.05, 0.1) is 12.2 Å². The van der Waals surface area contributed by atoms with Gasteiger partial charge in [0.2, 0.25) is 0 Å². The van der Waals surface area contributed by atoms with Crippen LogP contribution in [0, 0.1) is 5.92 Å². The molecule has 68 valence electrons. The van der Waals surface area contributed by atoms with Crippen molar-refractivity contribution >= 4 is 31.7 Å². The van der Waals surface area contributed by atoms with E-state index in [-0.39, 0.29) is 24.1 Å². The summed E-state index contributed by atoms with van der Waals surface area (Å²) in [6, 6.07) is 0. The Kier molecular flexibility index (Phi) is 1.73. The molecule has 2 fully saturated rings. The van der Waals surface area contributed by atoms with Crippen molar-refractivity contribution in [3.8, 4) is 0 Å². The molecule has 2 saturated heterocycles. The number of hydrogen-bond acceptors (Lipinski definition) is 4. The van der Waals surface area contributed by atoms with Crippen LogP contribution in [0.5, 0.6) is 0 Å². The Morgan fingerprint density at radius 1 is 1.50 bits per heavy atom. The summed E-state index contributed by atoms with van der Waals surface area (Å²) in [5.41, 5.74) is 0. The van der Waals surface area contributed by atoms with Gasteiger partial charge in [-0.15, -0.1) is 0 Å². The summed E-state index contributed by atoms with van der Waals surface area (Å²) in [6.45, 7) is 0. The Morgan fingerprint density at radius 3 is 2.75 bits per heavy atom. The third kappa shape index (κ3) is 1.08. The molecule has 6 heteroatoms. The summed E-state index contributed by atoms with van der Waals surface area (Å²) in [7, 11) is -3.07. The quantitative estimate of drug-likeness (QED) is 0.454. The number of rotatable bonds is 0. The van der Waals surface area contributed by atoms with E-state index < -0.39 is 20.1 Å². The van der Waals surface area contributed by atoms with Crippen molar-refractivity contribution in [2.24, 2.45) is 5.92 Å². The molecule has 0 amide bonds. The van der Waals surface area contributed by atoms with E-state index in [0.717, 1.165) is 0 Å². The Balaban J connectivity index is 2.30. The first-order chi connectivity index (χ1) is 5.50. The molecule has 2 aliphatic heterocycles. The predicted molar refractivity (Wildman–Crippen MR) is 44.5 cm³/mol. The summed E-state index contributed by atoms with van der Waals surface area (Å²) >= 11 is 3.03. The molecule has 2 aliphatic rings. The smallest absolute Gasteiger partial charge is 0.306 e. The first-order valence-electron chi connectivity index (χ1n) is 3.56. The second-order valence-corrected chi connectivity index (χ2v) is 6.86. The minimum Gasteiger partial charge on any atom is -0.460 e. The lowest BCUT2D eigenvalue weighted by Gasteiger charge is -2.08. The van der Waals surface area contributed by atoms with Gasteiger partial charge in [-0.1, -0.05) is 15.9 Å². The van der Waals surface area contributed by atoms with E-state index in [1.807, 2.05) is 0 Å². The van der Waals surface area contributed by atoms with Crippen molar-refractivity contribution in [3.05, 3.63) is 0 Å². The van der Waals surface area contributed by atoms with E-state index in [2.05, 4.69) is 15.9 Å². The maximum atomic E-state index is 11.2. The van der Waals surface area contributed by atoms with Crippen molar-refractivity contribution in [3.63, 3.8) is 0 Å². The van der Waals surface area contributed by atoms with Crippen LogP contribution >= 0.6 is 15.9 Å². The molecule has 0 N–H and O–H groups in total. The SMILES string of the molecule is O=C1C[C@@H]2CS(=O)(=O)[C@H](Br)[C@@H]2O1. The number of alkyl halides is 1. The Bertz CT molecular complexity index is 322. The van der Waals surface area contributed by atoms with Crippen LogP contribution in [0.25, 0.3) is 0 Å². The molecule has 0 bridgehead atoms. The number of esters is 1. The van der Waals surface area contributed by atoms with Crippen LogP contribution in [0.1, 0.15) is 6.42 Å². The molecule has 0 aromatic rings. The molecule has 12 heavy (non-hydrogen) atoms. The van der Waals surface area contributed by atoms with E-state index in [0.29, 0.717) is 0 Å². The van der Waals surface area contributed by atoms with Crippen LogP contribution in [-0.4, -0.2) is 30.4 Å². The average Bonchev–Trinajstić information content (AvgIpc) is 2.35. The molecule has 0 radical (unpaired) electrons.